The predicted molar refractivity (Wildman–Crippen MR) is 105 cm³/mol. The van der Waals surface area contributed by atoms with Gasteiger partial charge in [0.2, 0.25) is 19.3 Å². The Bertz CT molecular complexity index is 957. The molecule has 0 saturated heterocycles. The molecular weight excluding hydrogens is 374 g/mol. The van der Waals surface area contributed by atoms with Crippen molar-refractivity contribution in [3.05, 3.63) is 41.0 Å². The first-order valence-corrected chi connectivity index (χ1v) is 9.87. The molecule has 0 aromatic heterocycles. The molecule has 0 unspecified atom stereocenters. The summed E-state index contributed by atoms with van der Waals surface area (Å²) in [5.74, 6) is 3.53. The fourth-order valence-corrected chi connectivity index (χ4v) is 4.64. The monoisotopic (exact) mass is 400 g/mol. The zero-order chi connectivity index (χ0) is 20.2. The second kappa shape index (κ2) is 6.71. The molecule has 3 aliphatic heterocycles. The normalized spacial score (nSPS) is 21.6. The van der Waals surface area contributed by atoms with E-state index in [0.717, 1.165) is 45.8 Å². The number of ether oxygens (including phenoxy) is 5. The number of likely N-dealkylation sites (N-methyl/N-ethyl adjacent to an activating group) is 1. The van der Waals surface area contributed by atoms with Crippen LogP contribution < -0.4 is 23.7 Å². The third kappa shape index (κ3) is 2.96. The second-order valence-corrected chi connectivity index (χ2v) is 8.35. The van der Waals surface area contributed by atoms with Crippen LogP contribution in [0.4, 0.5) is 0 Å². The van der Waals surface area contributed by atoms with E-state index >= 15 is 0 Å². The van der Waals surface area contributed by atoms with E-state index in [-0.39, 0.29) is 19.6 Å². The summed E-state index contributed by atoms with van der Waals surface area (Å²) in [6.45, 7) is 1.39. The fourth-order valence-electron chi connectivity index (χ4n) is 4.64. The average molecular weight is 400 g/mol. The van der Waals surface area contributed by atoms with Gasteiger partial charge in [-0.15, -0.1) is 0 Å². The van der Waals surface area contributed by atoms with Crippen LogP contribution in [0.25, 0.3) is 0 Å². The third-order valence-corrected chi connectivity index (χ3v) is 6.31. The van der Waals surface area contributed by atoms with Crippen LogP contribution in [-0.4, -0.2) is 50.9 Å². The van der Waals surface area contributed by atoms with Crippen molar-refractivity contribution < 1.29 is 33.3 Å². The molecule has 0 amide bonds. The van der Waals surface area contributed by atoms with Gasteiger partial charge >= 0.3 is 0 Å². The van der Waals surface area contributed by atoms with Gasteiger partial charge in [0.25, 0.3) is 0 Å². The molecule has 3 heterocycles. The van der Waals surface area contributed by atoms with Gasteiger partial charge in [-0.3, -0.25) is 0 Å². The molecule has 0 aliphatic carbocycles. The highest BCUT2D eigenvalue weighted by atomic mass is 16.7. The lowest BCUT2D eigenvalue weighted by atomic mass is 9.85. The minimum absolute atomic E-state index is 0.0450. The number of methoxy groups -OCH3 is 1. The van der Waals surface area contributed by atoms with E-state index in [9.17, 15) is 5.11 Å². The minimum Gasteiger partial charge on any atom is -0.492 e. The standard InChI is InChI=1S/C22H26NO6/c1-23(2)7-6-14-9-19-21(29-12-28-19)22(25-3)20(14)15(23)10-16(24)13-4-5-17-18(8-13)27-11-26-17/h4-5,8-9,15-16,24H,6-7,10-12H2,1-3H3/q+1/t15-,16-/m0/s1. The molecule has 1 N–H and O–H groups in total. The molecule has 2 aromatic rings. The van der Waals surface area contributed by atoms with E-state index in [1.807, 2.05) is 18.2 Å². The lowest BCUT2D eigenvalue weighted by molar-refractivity contribution is -0.924. The summed E-state index contributed by atoms with van der Waals surface area (Å²) in [6.07, 6.45) is 0.828. The van der Waals surface area contributed by atoms with Crippen LogP contribution in [0, 0.1) is 0 Å². The van der Waals surface area contributed by atoms with Gasteiger partial charge in [0.1, 0.15) is 6.04 Å². The highest BCUT2D eigenvalue weighted by Crippen LogP contribution is 2.52. The van der Waals surface area contributed by atoms with Crippen molar-refractivity contribution in [2.75, 3.05) is 41.3 Å². The van der Waals surface area contributed by atoms with E-state index in [0.29, 0.717) is 17.9 Å². The SMILES string of the molecule is COc1c2c(cc3c1[C@H](C[C@H](O)c1ccc4c(c1)OCO4)[N+](C)(C)CC3)OCO2. The van der Waals surface area contributed by atoms with Crippen molar-refractivity contribution in [1.82, 2.24) is 0 Å². The number of quaternary nitrogens is 1. The average Bonchev–Trinajstić information content (AvgIpc) is 3.36. The molecule has 7 nitrogen and oxygen atoms in total. The maximum atomic E-state index is 11.1. The van der Waals surface area contributed by atoms with Crippen molar-refractivity contribution in [2.24, 2.45) is 0 Å². The molecule has 0 bridgehead atoms. The molecule has 3 aliphatic rings. The van der Waals surface area contributed by atoms with Crippen LogP contribution in [0.3, 0.4) is 0 Å². The van der Waals surface area contributed by atoms with Gasteiger partial charge in [0.05, 0.1) is 39.4 Å². The van der Waals surface area contributed by atoms with Gasteiger partial charge in [-0.1, -0.05) is 6.07 Å². The van der Waals surface area contributed by atoms with Gasteiger partial charge in [0, 0.05) is 12.8 Å². The van der Waals surface area contributed by atoms with Gasteiger partial charge in [-0.05, 0) is 29.3 Å². The molecule has 0 spiro atoms. The molecule has 7 heteroatoms. The van der Waals surface area contributed by atoms with Crippen LogP contribution in [0.15, 0.2) is 24.3 Å². The zero-order valence-electron chi connectivity index (χ0n) is 16.9. The van der Waals surface area contributed by atoms with Crippen molar-refractivity contribution in [2.45, 2.75) is 25.0 Å². The Kier molecular flexibility index (Phi) is 4.26. The molecule has 0 fully saturated rings. The van der Waals surface area contributed by atoms with Crippen LogP contribution in [0.1, 0.15) is 35.3 Å². The lowest BCUT2D eigenvalue weighted by Crippen LogP contribution is -2.48. The third-order valence-electron chi connectivity index (χ3n) is 6.31. The first kappa shape index (κ1) is 18.4. The smallest absolute Gasteiger partial charge is 0.231 e. The highest BCUT2D eigenvalue weighted by molar-refractivity contribution is 5.61. The quantitative estimate of drug-likeness (QED) is 0.796. The Morgan fingerprint density at radius 2 is 1.83 bits per heavy atom. The summed E-state index contributed by atoms with van der Waals surface area (Å²) >= 11 is 0. The van der Waals surface area contributed by atoms with Crippen molar-refractivity contribution >= 4 is 0 Å². The molecule has 2 atom stereocenters. The van der Waals surface area contributed by atoms with E-state index in [1.165, 1.54) is 5.56 Å². The van der Waals surface area contributed by atoms with Crippen molar-refractivity contribution in [1.29, 1.82) is 0 Å². The number of benzene rings is 2. The Morgan fingerprint density at radius 3 is 2.66 bits per heavy atom. The maximum Gasteiger partial charge on any atom is 0.231 e. The number of rotatable bonds is 4. The van der Waals surface area contributed by atoms with Crippen molar-refractivity contribution in [3.8, 4) is 28.7 Å². The molecule has 154 valence electrons. The largest absolute Gasteiger partial charge is 0.492 e. The minimum atomic E-state index is -0.645. The van der Waals surface area contributed by atoms with Crippen molar-refractivity contribution in [3.63, 3.8) is 0 Å². The Hall–Kier alpha value is -2.64. The molecule has 29 heavy (non-hydrogen) atoms. The summed E-state index contributed by atoms with van der Waals surface area (Å²) in [5, 5.41) is 11.1. The van der Waals surface area contributed by atoms with Crippen LogP contribution >= 0.6 is 0 Å². The molecule has 2 aromatic carbocycles. The van der Waals surface area contributed by atoms with Gasteiger partial charge < -0.3 is 33.3 Å². The zero-order valence-corrected chi connectivity index (χ0v) is 16.9. The summed E-state index contributed by atoms with van der Waals surface area (Å²) in [4.78, 5) is 0. The number of fused-ring (bicyclic) bond motifs is 3. The Labute approximate surface area is 169 Å². The van der Waals surface area contributed by atoms with E-state index < -0.39 is 6.10 Å². The summed E-state index contributed by atoms with van der Waals surface area (Å²) in [6, 6.07) is 7.74. The predicted octanol–water partition coefficient (Wildman–Crippen LogP) is 2.95. The first-order chi connectivity index (χ1) is 14.0. The molecule has 0 saturated carbocycles. The van der Waals surface area contributed by atoms with Crippen LogP contribution in [0.2, 0.25) is 0 Å². The van der Waals surface area contributed by atoms with Gasteiger partial charge in [0.15, 0.2) is 23.0 Å². The second-order valence-electron chi connectivity index (χ2n) is 8.35. The number of aliphatic hydroxyl groups is 1. The maximum absolute atomic E-state index is 11.1. The number of nitrogens with zero attached hydrogens (tertiary/aromatic N) is 1. The van der Waals surface area contributed by atoms with E-state index in [4.69, 9.17) is 23.7 Å². The Balaban J connectivity index is 1.53. The summed E-state index contributed by atoms with van der Waals surface area (Å²) in [7, 11) is 6.06. The molecule has 0 radical (unpaired) electrons. The van der Waals surface area contributed by atoms with E-state index in [1.54, 1.807) is 7.11 Å². The summed E-state index contributed by atoms with van der Waals surface area (Å²) in [5.41, 5.74) is 3.13. The first-order valence-electron chi connectivity index (χ1n) is 9.87. The molecule has 5 rings (SSSR count). The van der Waals surface area contributed by atoms with Gasteiger partial charge in [-0.25, -0.2) is 0 Å². The number of hydrogen-bond acceptors (Lipinski definition) is 6. The Morgan fingerprint density at radius 1 is 1.07 bits per heavy atom. The fraction of sp³-hybridized carbons (Fsp3) is 0.455. The van der Waals surface area contributed by atoms with Gasteiger partial charge in [-0.2, -0.15) is 0 Å². The summed E-state index contributed by atoms with van der Waals surface area (Å²) < 4.78 is 28.7. The number of hydrogen-bond donors (Lipinski definition) is 1. The lowest BCUT2D eigenvalue weighted by Gasteiger charge is -2.44. The van der Waals surface area contributed by atoms with Crippen LogP contribution in [0.5, 0.6) is 28.7 Å². The highest BCUT2D eigenvalue weighted by Gasteiger charge is 2.42. The molecular formula is C22H26NO6+. The van der Waals surface area contributed by atoms with E-state index in [2.05, 4.69) is 20.2 Å². The number of aliphatic hydroxyl groups excluding tert-OH is 1. The van der Waals surface area contributed by atoms with Crippen LogP contribution in [-0.2, 0) is 6.42 Å². The topological polar surface area (TPSA) is 66.4 Å².